The van der Waals surface area contributed by atoms with E-state index in [1.807, 2.05) is 24.3 Å². The molecule has 1 aromatic carbocycles. The van der Waals surface area contributed by atoms with Gasteiger partial charge in [0.15, 0.2) is 0 Å². The van der Waals surface area contributed by atoms with Crippen LogP contribution in [0.2, 0.25) is 0 Å². The van der Waals surface area contributed by atoms with Crippen molar-refractivity contribution in [3.63, 3.8) is 0 Å². The topological polar surface area (TPSA) is 72.5 Å². The van der Waals surface area contributed by atoms with E-state index < -0.39 is 0 Å². The average Bonchev–Trinajstić information content (AvgIpc) is 2.74. The largest absolute Gasteiger partial charge is 0.497 e. The van der Waals surface area contributed by atoms with E-state index in [1.54, 1.807) is 25.4 Å². The second kappa shape index (κ2) is 13.3. The van der Waals surface area contributed by atoms with Gasteiger partial charge < -0.3 is 20.1 Å². The molecule has 1 aromatic heterocycles. The van der Waals surface area contributed by atoms with Crippen molar-refractivity contribution in [2.45, 2.75) is 32.7 Å². The summed E-state index contributed by atoms with van der Waals surface area (Å²) in [5, 5.41) is 6.37. The number of benzene rings is 1. The number of hydrogen-bond donors (Lipinski definition) is 2. The Morgan fingerprint density at radius 3 is 2.60 bits per heavy atom. The Bertz CT molecular complexity index is 768. The minimum atomic E-state index is 0. The molecule has 0 aliphatic carbocycles. The molecule has 8 heteroatoms. The van der Waals surface area contributed by atoms with Gasteiger partial charge in [0.05, 0.1) is 7.11 Å². The maximum atomic E-state index is 12.3. The fourth-order valence-electron chi connectivity index (χ4n) is 3.51. The predicted octanol–water partition coefficient (Wildman–Crippen LogP) is 4.37. The van der Waals surface area contributed by atoms with E-state index in [9.17, 15) is 4.79 Å². The molecule has 2 N–H and O–H groups in total. The molecule has 1 amide bonds. The molecule has 30 heavy (non-hydrogen) atoms. The van der Waals surface area contributed by atoms with Crippen molar-refractivity contribution in [1.82, 2.24) is 15.6 Å². The van der Waals surface area contributed by atoms with Gasteiger partial charge in [0.1, 0.15) is 11.5 Å². The fraction of sp³-hybridized carbons (Fsp3) is 0.455. The Balaban J connectivity index is 0.00000225. The van der Waals surface area contributed by atoms with Crippen LogP contribution in [0.25, 0.3) is 0 Å². The monoisotopic (exact) mass is 455 g/mol. The van der Waals surface area contributed by atoms with Gasteiger partial charge >= 0.3 is 0 Å². The molecule has 0 radical (unpaired) electrons. The van der Waals surface area contributed by atoms with Crippen molar-refractivity contribution >= 4 is 30.7 Å². The number of halogens is 2. The van der Waals surface area contributed by atoms with Gasteiger partial charge in [0.2, 0.25) is 11.8 Å². The first-order valence-corrected chi connectivity index (χ1v) is 9.88. The minimum absolute atomic E-state index is 0. The van der Waals surface area contributed by atoms with Gasteiger partial charge in [0.25, 0.3) is 0 Å². The van der Waals surface area contributed by atoms with E-state index >= 15 is 0 Å². The van der Waals surface area contributed by atoms with E-state index in [2.05, 4.69) is 22.5 Å². The maximum Gasteiger partial charge on any atom is 0.220 e. The van der Waals surface area contributed by atoms with Gasteiger partial charge in [-0.15, -0.1) is 24.8 Å². The number of aromatic nitrogens is 1. The third-order valence-electron chi connectivity index (χ3n) is 5.25. The Labute approximate surface area is 191 Å². The summed E-state index contributed by atoms with van der Waals surface area (Å²) in [6, 6.07) is 11.1. The first kappa shape index (κ1) is 26.0. The molecule has 2 aromatic rings. The Morgan fingerprint density at radius 2 is 1.93 bits per heavy atom. The van der Waals surface area contributed by atoms with Crippen LogP contribution in [-0.2, 0) is 11.3 Å². The SMILES string of the molecule is COc1cccc(Oc2ccc(CNC(=O)CC(C)C3CCNCC3)cn2)c1.Cl.Cl. The highest BCUT2D eigenvalue weighted by Gasteiger charge is 2.21. The van der Waals surface area contributed by atoms with Crippen LogP contribution in [-0.4, -0.2) is 31.1 Å². The van der Waals surface area contributed by atoms with E-state index in [1.165, 1.54) is 0 Å². The van der Waals surface area contributed by atoms with Crippen LogP contribution >= 0.6 is 24.8 Å². The van der Waals surface area contributed by atoms with Crippen LogP contribution < -0.4 is 20.1 Å². The zero-order chi connectivity index (χ0) is 19.8. The van der Waals surface area contributed by atoms with Crippen molar-refractivity contribution in [2.24, 2.45) is 11.8 Å². The van der Waals surface area contributed by atoms with Crippen LogP contribution in [0.3, 0.4) is 0 Å². The lowest BCUT2D eigenvalue weighted by atomic mass is 9.84. The van der Waals surface area contributed by atoms with Gasteiger partial charge in [-0.1, -0.05) is 19.1 Å². The van der Waals surface area contributed by atoms with Gasteiger partial charge in [-0.05, 0) is 55.5 Å². The Kier molecular flexibility index (Phi) is 11.5. The second-order valence-electron chi connectivity index (χ2n) is 7.33. The van der Waals surface area contributed by atoms with Crippen LogP contribution in [0, 0.1) is 11.8 Å². The summed E-state index contributed by atoms with van der Waals surface area (Å²) in [7, 11) is 1.62. The summed E-state index contributed by atoms with van der Waals surface area (Å²) >= 11 is 0. The molecular weight excluding hydrogens is 425 g/mol. The van der Waals surface area contributed by atoms with Crippen LogP contribution in [0.15, 0.2) is 42.6 Å². The van der Waals surface area contributed by atoms with Crippen molar-refractivity contribution in [3.8, 4) is 17.4 Å². The van der Waals surface area contributed by atoms with E-state index in [4.69, 9.17) is 9.47 Å². The first-order chi connectivity index (χ1) is 13.6. The quantitative estimate of drug-likeness (QED) is 0.618. The highest BCUT2D eigenvalue weighted by Crippen LogP contribution is 2.25. The normalized spacial score (nSPS) is 14.6. The molecule has 1 unspecified atom stereocenters. The third-order valence-corrected chi connectivity index (χ3v) is 5.25. The number of rotatable bonds is 8. The zero-order valence-corrected chi connectivity index (χ0v) is 19.1. The predicted molar refractivity (Wildman–Crippen MR) is 123 cm³/mol. The number of pyridine rings is 1. The number of carbonyl (C=O) groups is 1. The van der Waals surface area contributed by atoms with Crippen molar-refractivity contribution in [1.29, 1.82) is 0 Å². The summed E-state index contributed by atoms with van der Waals surface area (Å²) < 4.78 is 10.9. The highest BCUT2D eigenvalue weighted by atomic mass is 35.5. The first-order valence-electron chi connectivity index (χ1n) is 9.88. The average molecular weight is 456 g/mol. The number of ether oxygens (including phenoxy) is 2. The summed E-state index contributed by atoms with van der Waals surface area (Å²) in [4.78, 5) is 16.6. The van der Waals surface area contributed by atoms with Crippen molar-refractivity contribution in [2.75, 3.05) is 20.2 Å². The molecule has 1 saturated heterocycles. The summed E-state index contributed by atoms with van der Waals surface area (Å²) in [6.07, 6.45) is 4.63. The molecule has 1 aliphatic heterocycles. The molecule has 2 heterocycles. The molecule has 1 atom stereocenters. The Hall–Kier alpha value is -2.02. The van der Waals surface area contributed by atoms with Crippen LogP contribution in [0.1, 0.15) is 31.7 Å². The van der Waals surface area contributed by atoms with Gasteiger partial charge in [-0.25, -0.2) is 4.98 Å². The summed E-state index contributed by atoms with van der Waals surface area (Å²) in [6.45, 7) is 4.78. The number of amides is 1. The molecule has 0 spiro atoms. The Morgan fingerprint density at radius 1 is 1.20 bits per heavy atom. The lowest BCUT2D eigenvalue weighted by molar-refractivity contribution is -0.122. The van der Waals surface area contributed by atoms with Crippen molar-refractivity contribution in [3.05, 3.63) is 48.2 Å². The summed E-state index contributed by atoms with van der Waals surface area (Å²) in [5.41, 5.74) is 0.945. The number of methoxy groups -OCH3 is 1. The maximum absolute atomic E-state index is 12.3. The molecule has 0 bridgehead atoms. The number of nitrogens with one attached hydrogen (secondary N) is 2. The third kappa shape index (κ3) is 8.01. The standard InChI is InChI=1S/C22H29N3O3.2ClH/c1-16(18-8-10-23-11-9-18)12-21(26)24-14-17-6-7-22(25-15-17)28-20-5-3-4-19(13-20)27-2;;/h3-7,13,15-16,18,23H,8-12,14H2,1-2H3,(H,24,26);2*1H. The number of hydrogen-bond acceptors (Lipinski definition) is 5. The van der Waals surface area contributed by atoms with E-state index in [0.29, 0.717) is 36.4 Å². The summed E-state index contributed by atoms with van der Waals surface area (Å²) in [5.74, 6) is 3.06. The molecule has 3 rings (SSSR count). The molecule has 1 aliphatic rings. The lowest BCUT2D eigenvalue weighted by Crippen LogP contribution is -2.33. The molecular formula is C22H31Cl2N3O3. The molecule has 166 valence electrons. The van der Waals surface area contributed by atoms with Crippen molar-refractivity contribution < 1.29 is 14.3 Å². The van der Waals surface area contributed by atoms with Crippen LogP contribution in [0.5, 0.6) is 17.4 Å². The van der Waals surface area contributed by atoms with Gasteiger partial charge in [0, 0.05) is 31.3 Å². The zero-order valence-electron chi connectivity index (χ0n) is 17.4. The number of piperidine rings is 1. The minimum Gasteiger partial charge on any atom is -0.497 e. The second-order valence-corrected chi connectivity index (χ2v) is 7.33. The molecule has 1 fully saturated rings. The molecule has 0 saturated carbocycles. The smallest absolute Gasteiger partial charge is 0.220 e. The highest BCUT2D eigenvalue weighted by molar-refractivity contribution is 5.85. The number of carbonyl (C=O) groups excluding carboxylic acids is 1. The van der Waals surface area contributed by atoms with Gasteiger partial charge in [-0.3, -0.25) is 4.79 Å². The lowest BCUT2D eigenvalue weighted by Gasteiger charge is -2.27. The molecule has 6 nitrogen and oxygen atoms in total. The number of nitrogens with zero attached hydrogens (tertiary/aromatic N) is 1. The van der Waals surface area contributed by atoms with E-state index in [-0.39, 0.29) is 30.7 Å². The van der Waals surface area contributed by atoms with Crippen LogP contribution in [0.4, 0.5) is 0 Å². The van der Waals surface area contributed by atoms with E-state index in [0.717, 1.165) is 37.2 Å². The fourth-order valence-corrected chi connectivity index (χ4v) is 3.51. The van der Waals surface area contributed by atoms with Gasteiger partial charge in [-0.2, -0.15) is 0 Å².